The van der Waals surface area contributed by atoms with Gasteiger partial charge in [-0.3, -0.25) is 9.10 Å². The highest BCUT2D eigenvalue weighted by molar-refractivity contribution is 7.92. The summed E-state index contributed by atoms with van der Waals surface area (Å²) in [7, 11) is -3.60. The maximum Gasteiger partial charge on any atom is 0.232 e. The SMILES string of the molecule is CS(=O)(=O)N(CCC(=O)Nc1ccc(F)cc1)c1ccc2c(c1)OCO2. The van der Waals surface area contributed by atoms with Gasteiger partial charge in [-0.15, -0.1) is 0 Å². The fourth-order valence-corrected chi connectivity index (χ4v) is 3.41. The van der Waals surface area contributed by atoms with E-state index in [4.69, 9.17) is 9.47 Å². The van der Waals surface area contributed by atoms with Crippen molar-refractivity contribution in [1.82, 2.24) is 0 Å². The minimum atomic E-state index is -3.60. The van der Waals surface area contributed by atoms with Crippen molar-refractivity contribution in [3.8, 4) is 11.5 Å². The van der Waals surface area contributed by atoms with Crippen LogP contribution in [0, 0.1) is 5.82 Å². The van der Waals surface area contributed by atoms with Crippen molar-refractivity contribution in [3.05, 3.63) is 48.3 Å². The minimum Gasteiger partial charge on any atom is -0.454 e. The molecule has 0 aromatic heterocycles. The van der Waals surface area contributed by atoms with Crippen LogP contribution in [-0.4, -0.2) is 33.9 Å². The molecule has 0 fully saturated rings. The number of hydrogen-bond acceptors (Lipinski definition) is 5. The lowest BCUT2D eigenvalue weighted by molar-refractivity contribution is -0.116. The minimum absolute atomic E-state index is 0.0501. The van der Waals surface area contributed by atoms with E-state index in [-0.39, 0.29) is 25.7 Å². The normalized spacial score (nSPS) is 12.7. The van der Waals surface area contributed by atoms with Gasteiger partial charge in [-0.2, -0.15) is 0 Å². The maximum atomic E-state index is 12.9. The number of hydrogen-bond donors (Lipinski definition) is 1. The van der Waals surface area contributed by atoms with Gasteiger partial charge in [0.15, 0.2) is 11.5 Å². The smallest absolute Gasteiger partial charge is 0.232 e. The summed E-state index contributed by atoms with van der Waals surface area (Å²) in [4.78, 5) is 12.1. The highest BCUT2D eigenvalue weighted by Crippen LogP contribution is 2.36. The van der Waals surface area contributed by atoms with Crippen molar-refractivity contribution in [2.45, 2.75) is 6.42 Å². The van der Waals surface area contributed by atoms with E-state index in [1.165, 1.54) is 24.3 Å². The quantitative estimate of drug-likeness (QED) is 0.832. The van der Waals surface area contributed by atoms with Crippen LogP contribution in [0.2, 0.25) is 0 Å². The molecule has 2 aromatic carbocycles. The number of carbonyl (C=O) groups is 1. The lowest BCUT2D eigenvalue weighted by Crippen LogP contribution is -2.33. The second-order valence-electron chi connectivity index (χ2n) is 5.68. The number of nitrogens with one attached hydrogen (secondary N) is 1. The van der Waals surface area contributed by atoms with Crippen LogP contribution in [0.25, 0.3) is 0 Å². The highest BCUT2D eigenvalue weighted by atomic mass is 32.2. The molecule has 0 bridgehead atoms. The summed E-state index contributed by atoms with van der Waals surface area (Å²) in [6, 6.07) is 10.1. The fourth-order valence-electron chi connectivity index (χ4n) is 2.49. The van der Waals surface area contributed by atoms with E-state index < -0.39 is 15.8 Å². The third kappa shape index (κ3) is 4.23. The van der Waals surface area contributed by atoms with E-state index in [0.717, 1.165) is 10.6 Å². The summed E-state index contributed by atoms with van der Waals surface area (Å²) in [5, 5.41) is 2.60. The van der Waals surface area contributed by atoms with Crippen molar-refractivity contribution in [1.29, 1.82) is 0 Å². The van der Waals surface area contributed by atoms with Crippen LogP contribution in [0.15, 0.2) is 42.5 Å². The molecule has 1 heterocycles. The summed E-state index contributed by atoms with van der Waals surface area (Å²) in [6.07, 6.45) is 0.994. The Labute approximate surface area is 150 Å². The number of fused-ring (bicyclic) bond motifs is 1. The molecule has 1 amide bonds. The summed E-state index contributed by atoms with van der Waals surface area (Å²) in [5.41, 5.74) is 0.816. The molecule has 0 atom stereocenters. The number of benzene rings is 2. The van der Waals surface area contributed by atoms with Crippen LogP contribution in [0.5, 0.6) is 11.5 Å². The van der Waals surface area contributed by atoms with Gasteiger partial charge in [0, 0.05) is 24.7 Å². The Morgan fingerprint density at radius 3 is 2.54 bits per heavy atom. The van der Waals surface area contributed by atoms with Crippen LogP contribution in [-0.2, 0) is 14.8 Å². The maximum absolute atomic E-state index is 12.9. The molecule has 0 saturated heterocycles. The fraction of sp³-hybridized carbons (Fsp3) is 0.235. The second-order valence-corrected chi connectivity index (χ2v) is 7.58. The first-order valence-electron chi connectivity index (χ1n) is 7.76. The van der Waals surface area contributed by atoms with Gasteiger partial charge in [-0.25, -0.2) is 12.8 Å². The lowest BCUT2D eigenvalue weighted by Gasteiger charge is -2.22. The van der Waals surface area contributed by atoms with Crippen molar-refractivity contribution >= 4 is 27.3 Å². The zero-order chi connectivity index (χ0) is 18.7. The van der Waals surface area contributed by atoms with Gasteiger partial charge in [0.1, 0.15) is 5.82 Å². The van der Waals surface area contributed by atoms with Crippen molar-refractivity contribution in [2.24, 2.45) is 0 Å². The van der Waals surface area contributed by atoms with Crippen LogP contribution in [0.1, 0.15) is 6.42 Å². The number of anilines is 2. The largest absolute Gasteiger partial charge is 0.454 e. The van der Waals surface area contributed by atoms with Gasteiger partial charge in [-0.1, -0.05) is 0 Å². The summed E-state index contributed by atoms with van der Waals surface area (Å²) < 4.78 is 48.7. The lowest BCUT2D eigenvalue weighted by atomic mass is 10.2. The molecule has 3 rings (SSSR count). The van der Waals surface area contributed by atoms with E-state index in [9.17, 15) is 17.6 Å². The monoisotopic (exact) mass is 380 g/mol. The average molecular weight is 380 g/mol. The Balaban J connectivity index is 1.69. The van der Waals surface area contributed by atoms with Crippen molar-refractivity contribution in [2.75, 3.05) is 29.2 Å². The number of rotatable bonds is 6. The van der Waals surface area contributed by atoms with Crippen LogP contribution >= 0.6 is 0 Å². The van der Waals surface area contributed by atoms with Crippen LogP contribution < -0.4 is 19.1 Å². The summed E-state index contributed by atoms with van der Waals surface area (Å²) >= 11 is 0. The number of ether oxygens (including phenoxy) is 2. The number of amides is 1. The third-order valence-electron chi connectivity index (χ3n) is 3.71. The topological polar surface area (TPSA) is 84.9 Å². The molecule has 1 aliphatic rings. The predicted octanol–water partition coefficient (Wildman–Crippen LogP) is 2.35. The summed E-state index contributed by atoms with van der Waals surface area (Å²) in [6.45, 7) is 0.0310. The average Bonchev–Trinajstić information content (AvgIpc) is 3.03. The first-order valence-corrected chi connectivity index (χ1v) is 9.60. The Kier molecular flexibility index (Phi) is 4.99. The first-order chi connectivity index (χ1) is 12.3. The number of carbonyl (C=O) groups excluding carboxylic acids is 1. The van der Waals surface area contributed by atoms with Crippen molar-refractivity contribution in [3.63, 3.8) is 0 Å². The van der Waals surface area contributed by atoms with Gasteiger partial charge in [0.05, 0.1) is 11.9 Å². The third-order valence-corrected chi connectivity index (χ3v) is 4.91. The Morgan fingerprint density at radius 1 is 1.15 bits per heavy atom. The molecule has 0 spiro atoms. The predicted molar refractivity (Wildman–Crippen MR) is 94.4 cm³/mol. The van der Waals surface area contributed by atoms with E-state index in [1.807, 2.05) is 0 Å². The van der Waals surface area contributed by atoms with E-state index in [1.54, 1.807) is 18.2 Å². The molecule has 0 aliphatic carbocycles. The van der Waals surface area contributed by atoms with Crippen molar-refractivity contribution < 1.29 is 27.1 Å². The molecule has 1 N–H and O–H groups in total. The zero-order valence-corrected chi connectivity index (χ0v) is 14.8. The van der Waals surface area contributed by atoms with Gasteiger partial charge >= 0.3 is 0 Å². The van der Waals surface area contributed by atoms with E-state index in [2.05, 4.69) is 5.32 Å². The molecule has 1 aliphatic heterocycles. The van der Waals surface area contributed by atoms with Gasteiger partial charge < -0.3 is 14.8 Å². The molecule has 9 heteroatoms. The van der Waals surface area contributed by atoms with E-state index >= 15 is 0 Å². The highest BCUT2D eigenvalue weighted by Gasteiger charge is 2.22. The van der Waals surface area contributed by atoms with E-state index in [0.29, 0.717) is 22.9 Å². The van der Waals surface area contributed by atoms with Gasteiger partial charge in [0.2, 0.25) is 22.7 Å². The Bertz CT molecular complexity index is 915. The number of sulfonamides is 1. The number of nitrogens with zero attached hydrogens (tertiary/aromatic N) is 1. The Hall–Kier alpha value is -2.81. The van der Waals surface area contributed by atoms with Gasteiger partial charge in [-0.05, 0) is 36.4 Å². The Morgan fingerprint density at radius 2 is 1.85 bits per heavy atom. The van der Waals surface area contributed by atoms with Gasteiger partial charge in [0.25, 0.3) is 0 Å². The molecule has 138 valence electrons. The summed E-state index contributed by atoms with van der Waals surface area (Å²) in [5.74, 6) is 0.197. The van der Waals surface area contributed by atoms with Crippen LogP contribution in [0.4, 0.5) is 15.8 Å². The second kappa shape index (κ2) is 7.20. The van der Waals surface area contributed by atoms with Crippen LogP contribution in [0.3, 0.4) is 0 Å². The zero-order valence-electron chi connectivity index (χ0n) is 13.9. The molecule has 0 unspecified atom stereocenters. The molecule has 2 aromatic rings. The first kappa shape index (κ1) is 18.0. The molecular formula is C17H17FN2O5S. The molecule has 0 radical (unpaired) electrons. The molecule has 26 heavy (non-hydrogen) atoms. The standard InChI is InChI=1S/C17H17FN2O5S/c1-26(22,23)20(14-6-7-15-16(10-14)25-11-24-15)9-8-17(21)19-13-4-2-12(18)3-5-13/h2-7,10H,8-9,11H2,1H3,(H,19,21). The molecule has 7 nitrogen and oxygen atoms in total. The molecular weight excluding hydrogens is 363 g/mol. The molecule has 0 saturated carbocycles. The number of halogens is 1.